The highest BCUT2D eigenvalue weighted by atomic mass is 79.9. The van der Waals surface area contributed by atoms with Crippen LogP contribution in [0.2, 0.25) is 0 Å². The summed E-state index contributed by atoms with van der Waals surface area (Å²) in [6, 6.07) is 2.01. The Morgan fingerprint density at radius 2 is 2.60 bits per heavy atom. The molecule has 1 unspecified atom stereocenters. The molecule has 0 aliphatic carbocycles. The third-order valence-corrected chi connectivity index (χ3v) is 1.83. The molecule has 1 aromatic rings. The van der Waals surface area contributed by atoms with Crippen LogP contribution in [-0.4, -0.2) is 15.0 Å². The number of aryl methyl sites for hydroxylation is 1. The topological polar surface area (TPSA) is 28.7 Å². The Labute approximate surface area is 69.2 Å². The molecule has 1 rings (SSSR count). The Morgan fingerprint density at radius 1 is 1.80 bits per heavy atom. The van der Waals surface area contributed by atoms with E-state index in [-0.39, 0.29) is 0 Å². The molecule has 0 aliphatic rings. The first kappa shape index (κ1) is 7.79. The van der Waals surface area contributed by atoms with Gasteiger partial charge in [-0.15, -0.1) is 0 Å². The molecule has 0 bridgehead atoms. The predicted octanol–water partition coefficient (Wildman–Crippen LogP) is 2.13. The van der Waals surface area contributed by atoms with E-state index in [9.17, 15) is 0 Å². The number of H-pyrrole nitrogens is 1. The lowest BCUT2D eigenvalue weighted by molar-refractivity contribution is 0.794. The average molecular weight is 203 g/mol. The Hall–Kier alpha value is -0.310. The van der Waals surface area contributed by atoms with Crippen LogP contribution >= 0.6 is 15.9 Å². The van der Waals surface area contributed by atoms with Crippen molar-refractivity contribution in [2.45, 2.75) is 24.6 Å². The van der Waals surface area contributed by atoms with Crippen LogP contribution in [0.15, 0.2) is 12.3 Å². The third kappa shape index (κ3) is 2.52. The Bertz CT molecular complexity index is 170. The zero-order valence-corrected chi connectivity index (χ0v) is 7.56. The van der Waals surface area contributed by atoms with Gasteiger partial charge in [-0.2, -0.15) is 5.10 Å². The molecule has 0 saturated carbocycles. The second-order valence-corrected chi connectivity index (χ2v) is 3.96. The molecular weight excluding hydrogens is 192 g/mol. The molecule has 0 spiro atoms. The van der Waals surface area contributed by atoms with Crippen LogP contribution in [0.5, 0.6) is 0 Å². The summed E-state index contributed by atoms with van der Waals surface area (Å²) in [6.45, 7) is 2.15. The van der Waals surface area contributed by atoms with Gasteiger partial charge in [0.05, 0.1) is 0 Å². The first-order chi connectivity index (χ1) is 4.79. The minimum Gasteiger partial charge on any atom is -0.283 e. The largest absolute Gasteiger partial charge is 0.283 e. The number of aromatic nitrogens is 2. The van der Waals surface area contributed by atoms with E-state index in [0.29, 0.717) is 4.83 Å². The number of alkyl halides is 1. The highest BCUT2D eigenvalue weighted by molar-refractivity contribution is 9.09. The molecule has 1 N–H and O–H groups in total. The molecule has 1 aromatic heterocycles. The van der Waals surface area contributed by atoms with Crippen molar-refractivity contribution in [2.75, 3.05) is 0 Å². The molecule has 0 radical (unpaired) electrons. The maximum absolute atomic E-state index is 3.86. The minimum absolute atomic E-state index is 0.593. The third-order valence-electron chi connectivity index (χ3n) is 1.37. The zero-order valence-electron chi connectivity index (χ0n) is 5.97. The Morgan fingerprint density at radius 3 is 3.10 bits per heavy atom. The molecule has 2 nitrogen and oxygen atoms in total. The van der Waals surface area contributed by atoms with Crippen LogP contribution in [0.1, 0.15) is 19.0 Å². The molecule has 1 atom stereocenters. The smallest absolute Gasteiger partial charge is 0.0490 e. The van der Waals surface area contributed by atoms with Crippen LogP contribution in [-0.2, 0) is 6.42 Å². The summed E-state index contributed by atoms with van der Waals surface area (Å²) in [4.78, 5) is 0.593. The summed E-state index contributed by atoms with van der Waals surface area (Å²) >= 11 is 3.49. The number of hydrogen-bond donors (Lipinski definition) is 1. The van der Waals surface area contributed by atoms with Gasteiger partial charge in [0, 0.05) is 16.7 Å². The quantitative estimate of drug-likeness (QED) is 0.749. The fourth-order valence-electron chi connectivity index (χ4n) is 0.778. The average Bonchev–Trinajstić information content (AvgIpc) is 2.34. The molecule has 0 aliphatic heterocycles. The monoisotopic (exact) mass is 202 g/mol. The molecule has 0 saturated heterocycles. The fourth-order valence-corrected chi connectivity index (χ4v) is 1.01. The number of nitrogens with zero attached hydrogens (tertiary/aromatic N) is 1. The summed E-state index contributed by atoms with van der Waals surface area (Å²) in [5.74, 6) is 0. The van der Waals surface area contributed by atoms with Crippen LogP contribution in [0.3, 0.4) is 0 Å². The number of nitrogens with one attached hydrogen (secondary N) is 1. The fraction of sp³-hybridized carbons (Fsp3) is 0.571. The number of aromatic amines is 1. The van der Waals surface area contributed by atoms with Gasteiger partial charge >= 0.3 is 0 Å². The summed E-state index contributed by atoms with van der Waals surface area (Å²) in [6.07, 6.45) is 4.02. The van der Waals surface area contributed by atoms with Crippen molar-refractivity contribution in [3.05, 3.63) is 18.0 Å². The summed E-state index contributed by atoms with van der Waals surface area (Å²) in [5.41, 5.74) is 1.21. The highest BCUT2D eigenvalue weighted by Crippen LogP contribution is 2.07. The van der Waals surface area contributed by atoms with Gasteiger partial charge in [-0.1, -0.05) is 22.9 Å². The van der Waals surface area contributed by atoms with E-state index in [1.165, 1.54) is 5.69 Å². The molecular formula is C7H11BrN2. The van der Waals surface area contributed by atoms with Gasteiger partial charge in [0.1, 0.15) is 0 Å². The molecule has 56 valence electrons. The summed E-state index contributed by atoms with van der Waals surface area (Å²) in [5, 5.41) is 6.78. The van der Waals surface area contributed by atoms with Crippen LogP contribution in [0.4, 0.5) is 0 Å². The summed E-state index contributed by atoms with van der Waals surface area (Å²) in [7, 11) is 0. The first-order valence-corrected chi connectivity index (χ1v) is 4.33. The molecule has 0 amide bonds. The second-order valence-electron chi connectivity index (χ2n) is 2.40. The van der Waals surface area contributed by atoms with Gasteiger partial charge in [0.25, 0.3) is 0 Å². The lowest BCUT2D eigenvalue weighted by Gasteiger charge is -1.98. The van der Waals surface area contributed by atoms with E-state index in [2.05, 4.69) is 33.1 Å². The van der Waals surface area contributed by atoms with E-state index < -0.39 is 0 Å². The van der Waals surface area contributed by atoms with Crippen molar-refractivity contribution in [2.24, 2.45) is 0 Å². The molecule has 10 heavy (non-hydrogen) atoms. The van der Waals surface area contributed by atoms with Gasteiger partial charge in [-0.3, -0.25) is 5.10 Å². The van der Waals surface area contributed by atoms with Gasteiger partial charge in [0.2, 0.25) is 0 Å². The minimum atomic E-state index is 0.593. The van der Waals surface area contributed by atoms with E-state index in [1.54, 1.807) is 6.20 Å². The van der Waals surface area contributed by atoms with Crippen molar-refractivity contribution in [3.8, 4) is 0 Å². The van der Waals surface area contributed by atoms with Gasteiger partial charge < -0.3 is 0 Å². The molecule has 1 heterocycles. The van der Waals surface area contributed by atoms with Gasteiger partial charge in [-0.05, 0) is 18.9 Å². The predicted molar refractivity (Wildman–Crippen MR) is 45.3 cm³/mol. The normalized spacial score (nSPS) is 13.4. The maximum Gasteiger partial charge on any atom is 0.0490 e. The lowest BCUT2D eigenvalue weighted by Crippen LogP contribution is -1.93. The number of rotatable bonds is 3. The first-order valence-electron chi connectivity index (χ1n) is 3.41. The maximum atomic E-state index is 3.86. The van der Waals surface area contributed by atoms with Crippen molar-refractivity contribution in [1.82, 2.24) is 10.2 Å². The van der Waals surface area contributed by atoms with Crippen LogP contribution < -0.4 is 0 Å². The zero-order chi connectivity index (χ0) is 7.40. The number of hydrogen-bond acceptors (Lipinski definition) is 1. The highest BCUT2D eigenvalue weighted by Gasteiger charge is 1.97. The van der Waals surface area contributed by atoms with Crippen molar-refractivity contribution < 1.29 is 0 Å². The Balaban J connectivity index is 2.28. The lowest BCUT2D eigenvalue weighted by atomic mass is 10.2. The standard InChI is InChI=1S/C7H11BrN2/c1-6(8)2-3-7-4-5-9-10-7/h4-6H,2-3H2,1H3,(H,9,10). The molecule has 3 heteroatoms. The second kappa shape index (κ2) is 3.76. The van der Waals surface area contributed by atoms with Crippen LogP contribution in [0, 0.1) is 0 Å². The van der Waals surface area contributed by atoms with E-state index in [1.807, 2.05) is 6.07 Å². The molecule has 0 aromatic carbocycles. The van der Waals surface area contributed by atoms with Crippen LogP contribution in [0.25, 0.3) is 0 Å². The van der Waals surface area contributed by atoms with E-state index in [0.717, 1.165) is 12.8 Å². The molecule has 0 fully saturated rings. The Kier molecular flexibility index (Phi) is 2.93. The van der Waals surface area contributed by atoms with Crippen molar-refractivity contribution in [1.29, 1.82) is 0 Å². The van der Waals surface area contributed by atoms with Crippen molar-refractivity contribution in [3.63, 3.8) is 0 Å². The summed E-state index contributed by atoms with van der Waals surface area (Å²) < 4.78 is 0. The van der Waals surface area contributed by atoms with E-state index >= 15 is 0 Å². The van der Waals surface area contributed by atoms with Gasteiger partial charge in [-0.25, -0.2) is 0 Å². The van der Waals surface area contributed by atoms with E-state index in [4.69, 9.17) is 0 Å². The van der Waals surface area contributed by atoms with Crippen molar-refractivity contribution >= 4 is 15.9 Å². The number of halogens is 1. The SMILES string of the molecule is CC(Br)CCc1ccn[nH]1. The van der Waals surface area contributed by atoms with Gasteiger partial charge in [0.15, 0.2) is 0 Å².